The Kier molecular flexibility index (Phi) is 4.69. The third kappa shape index (κ3) is 3.63. The highest BCUT2D eigenvalue weighted by Crippen LogP contribution is 2.27. The average molecular weight is 308 g/mol. The molecule has 2 unspecified atom stereocenters. The van der Waals surface area contributed by atoms with Crippen LogP contribution < -0.4 is 10.5 Å². The fourth-order valence-electron chi connectivity index (χ4n) is 2.21. The summed E-state index contributed by atoms with van der Waals surface area (Å²) in [6.07, 6.45) is 0.509. The first-order chi connectivity index (χ1) is 9.87. The van der Waals surface area contributed by atoms with Crippen molar-refractivity contribution in [1.29, 1.82) is 0 Å². The van der Waals surface area contributed by atoms with Gasteiger partial charge in [-0.25, -0.2) is 13.1 Å². The number of nitrogens with two attached hydrogens (primary N) is 1. The Labute approximate surface area is 125 Å². The molecule has 6 heteroatoms. The minimum atomic E-state index is -3.58. The Morgan fingerprint density at radius 3 is 2.62 bits per heavy atom. The van der Waals surface area contributed by atoms with E-state index in [0.717, 1.165) is 5.56 Å². The molecule has 0 amide bonds. The average Bonchev–Trinajstić information content (AvgIpc) is 2.75. The van der Waals surface area contributed by atoms with Crippen molar-refractivity contribution < 1.29 is 13.2 Å². The number of ether oxygens (including phenoxy) is 1. The van der Waals surface area contributed by atoms with Gasteiger partial charge in [0.15, 0.2) is 0 Å². The van der Waals surface area contributed by atoms with Crippen LogP contribution in [0.3, 0.4) is 0 Å². The fourth-order valence-corrected chi connectivity index (χ4v) is 3.70. The van der Waals surface area contributed by atoms with Crippen LogP contribution in [-0.4, -0.2) is 33.2 Å². The van der Waals surface area contributed by atoms with Crippen LogP contribution >= 0.6 is 0 Å². The number of hydrogen-bond donors (Lipinski definition) is 2. The van der Waals surface area contributed by atoms with E-state index in [0.29, 0.717) is 13.0 Å². The Balaban J connectivity index is 2.20. The first kappa shape index (κ1) is 16.0. The van der Waals surface area contributed by atoms with Gasteiger partial charge in [-0.1, -0.05) is 11.8 Å². The zero-order valence-corrected chi connectivity index (χ0v) is 13.0. The molecule has 1 aromatic carbocycles. The van der Waals surface area contributed by atoms with Crippen molar-refractivity contribution in [2.75, 3.05) is 13.2 Å². The van der Waals surface area contributed by atoms with Gasteiger partial charge in [0.05, 0.1) is 23.1 Å². The molecule has 1 aromatic rings. The molecule has 5 nitrogen and oxygen atoms in total. The van der Waals surface area contributed by atoms with E-state index in [1.165, 1.54) is 0 Å². The van der Waals surface area contributed by atoms with Crippen LogP contribution in [-0.2, 0) is 14.8 Å². The van der Waals surface area contributed by atoms with Gasteiger partial charge in [0, 0.05) is 12.2 Å². The summed E-state index contributed by atoms with van der Waals surface area (Å²) in [5.41, 5.74) is 5.47. The number of sulfonamides is 1. The number of rotatable bonds is 3. The molecule has 1 fully saturated rings. The highest BCUT2D eigenvalue weighted by Gasteiger charge is 2.40. The maximum atomic E-state index is 12.4. The maximum Gasteiger partial charge on any atom is 0.241 e. The summed E-state index contributed by atoms with van der Waals surface area (Å²) >= 11 is 0. The van der Waals surface area contributed by atoms with Crippen LogP contribution in [0.2, 0.25) is 0 Å². The molecule has 1 aliphatic rings. The normalized spacial score (nSPS) is 25.4. The molecule has 2 rings (SSSR count). The minimum absolute atomic E-state index is 0.151. The number of benzene rings is 1. The highest BCUT2D eigenvalue weighted by atomic mass is 32.2. The molecule has 114 valence electrons. The largest absolute Gasteiger partial charge is 0.376 e. The van der Waals surface area contributed by atoms with E-state index in [2.05, 4.69) is 16.6 Å². The van der Waals surface area contributed by atoms with Crippen molar-refractivity contribution in [3.63, 3.8) is 0 Å². The predicted octanol–water partition coefficient (Wildman–Crippen LogP) is 0.843. The van der Waals surface area contributed by atoms with Crippen LogP contribution in [0.4, 0.5) is 0 Å². The molecule has 0 radical (unpaired) electrons. The topological polar surface area (TPSA) is 81.4 Å². The van der Waals surface area contributed by atoms with E-state index >= 15 is 0 Å². The van der Waals surface area contributed by atoms with E-state index in [9.17, 15) is 8.42 Å². The standard InChI is InChI=1S/C15H20N2O3S/c1-12-15(2,9-11-20-12)17-21(18,19)14-7-5-13(6-8-14)4-3-10-16/h5-8,12,17H,9-11,16H2,1-2H3. The second kappa shape index (κ2) is 6.16. The molecule has 0 spiro atoms. The van der Waals surface area contributed by atoms with E-state index in [4.69, 9.17) is 10.5 Å². The van der Waals surface area contributed by atoms with E-state index < -0.39 is 15.6 Å². The van der Waals surface area contributed by atoms with Crippen molar-refractivity contribution in [3.8, 4) is 11.8 Å². The monoisotopic (exact) mass is 308 g/mol. The molecular formula is C15H20N2O3S. The predicted molar refractivity (Wildman–Crippen MR) is 81.1 cm³/mol. The zero-order valence-electron chi connectivity index (χ0n) is 12.2. The maximum absolute atomic E-state index is 12.4. The van der Waals surface area contributed by atoms with Gasteiger partial charge in [-0.15, -0.1) is 0 Å². The van der Waals surface area contributed by atoms with Crippen LogP contribution in [0, 0.1) is 11.8 Å². The van der Waals surface area contributed by atoms with Gasteiger partial charge in [0.25, 0.3) is 0 Å². The molecule has 21 heavy (non-hydrogen) atoms. The first-order valence-electron chi connectivity index (χ1n) is 6.82. The lowest BCUT2D eigenvalue weighted by molar-refractivity contribution is 0.0957. The Bertz CT molecular complexity index is 658. The van der Waals surface area contributed by atoms with Gasteiger partial charge in [-0.3, -0.25) is 0 Å². The van der Waals surface area contributed by atoms with Crippen molar-refractivity contribution >= 4 is 10.0 Å². The van der Waals surface area contributed by atoms with E-state index in [-0.39, 0.29) is 17.5 Å². The smallest absolute Gasteiger partial charge is 0.241 e. The van der Waals surface area contributed by atoms with Crippen molar-refractivity contribution in [2.24, 2.45) is 5.73 Å². The molecule has 1 saturated heterocycles. The lowest BCUT2D eigenvalue weighted by Crippen LogP contribution is -2.50. The van der Waals surface area contributed by atoms with Crippen LogP contribution in [0.5, 0.6) is 0 Å². The molecular weight excluding hydrogens is 288 g/mol. The Hall–Kier alpha value is -1.39. The molecule has 0 saturated carbocycles. The third-order valence-electron chi connectivity index (χ3n) is 3.75. The Morgan fingerprint density at radius 2 is 2.10 bits per heavy atom. The van der Waals surface area contributed by atoms with Crippen LogP contribution in [0.25, 0.3) is 0 Å². The lowest BCUT2D eigenvalue weighted by Gasteiger charge is -2.28. The van der Waals surface area contributed by atoms with Crippen molar-refractivity contribution in [3.05, 3.63) is 29.8 Å². The second-order valence-corrected chi connectivity index (χ2v) is 7.00. The summed E-state index contributed by atoms with van der Waals surface area (Å²) in [4.78, 5) is 0.223. The van der Waals surface area contributed by atoms with E-state index in [1.807, 2.05) is 13.8 Å². The molecule has 0 aromatic heterocycles. The molecule has 1 heterocycles. The molecule has 0 bridgehead atoms. The lowest BCUT2D eigenvalue weighted by atomic mass is 9.97. The Morgan fingerprint density at radius 1 is 1.43 bits per heavy atom. The quantitative estimate of drug-likeness (QED) is 0.811. The summed E-state index contributed by atoms with van der Waals surface area (Å²) in [6, 6.07) is 6.45. The highest BCUT2D eigenvalue weighted by molar-refractivity contribution is 7.89. The summed E-state index contributed by atoms with van der Waals surface area (Å²) in [5, 5.41) is 0. The fraction of sp³-hybridized carbons (Fsp3) is 0.467. The zero-order chi connectivity index (χ0) is 15.5. The SMILES string of the molecule is CC1OCCC1(C)NS(=O)(=O)c1ccc(C#CCN)cc1. The van der Waals surface area contributed by atoms with Gasteiger partial charge < -0.3 is 10.5 Å². The van der Waals surface area contributed by atoms with Gasteiger partial charge in [-0.05, 0) is 44.5 Å². The summed E-state index contributed by atoms with van der Waals surface area (Å²) in [7, 11) is -3.58. The van der Waals surface area contributed by atoms with Gasteiger partial charge in [-0.2, -0.15) is 0 Å². The van der Waals surface area contributed by atoms with Gasteiger partial charge in [0.2, 0.25) is 10.0 Å². The van der Waals surface area contributed by atoms with Crippen molar-refractivity contribution in [2.45, 2.75) is 36.8 Å². The minimum Gasteiger partial charge on any atom is -0.376 e. The molecule has 1 aliphatic heterocycles. The van der Waals surface area contributed by atoms with Gasteiger partial charge in [0.1, 0.15) is 0 Å². The molecule has 3 N–H and O–H groups in total. The summed E-state index contributed by atoms with van der Waals surface area (Å²) in [5.74, 6) is 5.59. The first-order valence-corrected chi connectivity index (χ1v) is 8.30. The van der Waals surface area contributed by atoms with Crippen LogP contribution in [0.1, 0.15) is 25.8 Å². The third-order valence-corrected chi connectivity index (χ3v) is 5.38. The second-order valence-electron chi connectivity index (χ2n) is 5.32. The molecule has 2 atom stereocenters. The number of nitrogens with one attached hydrogen (secondary N) is 1. The molecule has 0 aliphatic carbocycles. The van der Waals surface area contributed by atoms with Crippen molar-refractivity contribution in [1.82, 2.24) is 4.72 Å². The van der Waals surface area contributed by atoms with Gasteiger partial charge >= 0.3 is 0 Å². The summed E-state index contributed by atoms with van der Waals surface area (Å²) in [6.45, 7) is 4.58. The van der Waals surface area contributed by atoms with Crippen LogP contribution in [0.15, 0.2) is 29.2 Å². The van der Waals surface area contributed by atoms with E-state index in [1.54, 1.807) is 24.3 Å². The number of hydrogen-bond acceptors (Lipinski definition) is 4. The summed E-state index contributed by atoms with van der Waals surface area (Å²) < 4.78 is 33.1.